The maximum Gasteiger partial charge on any atom is 0.264 e. The second-order valence-corrected chi connectivity index (χ2v) is 7.36. The molecule has 1 aliphatic heterocycles. The van der Waals surface area contributed by atoms with Crippen molar-refractivity contribution in [2.24, 2.45) is 0 Å². The Morgan fingerprint density at radius 2 is 1.62 bits per heavy atom. The number of rotatable bonds is 3. The van der Waals surface area contributed by atoms with E-state index in [1.807, 2.05) is 12.1 Å². The van der Waals surface area contributed by atoms with Gasteiger partial charge in [0.25, 0.3) is 11.1 Å². The Labute approximate surface area is 174 Å². The molecule has 1 amide bonds. The third-order valence-corrected chi connectivity index (χ3v) is 5.25. The van der Waals surface area contributed by atoms with Crippen molar-refractivity contribution in [3.05, 3.63) is 60.4 Å². The van der Waals surface area contributed by atoms with E-state index in [9.17, 15) is 4.79 Å². The highest BCUT2D eigenvalue weighted by molar-refractivity contribution is 7.80. The molecule has 0 radical (unpaired) electrons. The molecule has 7 heteroatoms. The smallest absolute Gasteiger partial charge is 0.264 e. The molecule has 0 aliphatic carbocycles. The number of ether oxygens (including phenoxy) is 1. The van der Waals surface area contributed by atoms with Gasteiger partial charge in [-0.05, 0) is 67.5 Å². The molecule has 1 fully saturated rings. The fraction of sp³-hybridized carbons (Fsp3) is 0.273. The minimum Gasteiger partial charge on any atom is -0.432 e. The van der Waals surface area contributed by atoms with Crippen molar-refractivity contribution in [1.29, 1.82) is 0 Å². The number of carbonyl (C=O) groups is 1. The molecule has 0 atom stereocenters. The van der Waals surface area contributed by atoms with Crippen LogP contribution >= 0.6 is 12.2 Å². The normalized spacial score (nSPS) is 14.3. The largest absolute Gasteiger partial charge is 0.432 e. The van der Waals surface area contributed by atoms with Crippen LogP contribution in [0.5, 0.6) is 5.75 Å². The van der Waals surface area contributed by atoms with E-state index in [1.54, 1.807) is 42.7 Å². The Balaban J connectivity index is 1.38. The van der Waals surface area contributed by atoms with Gasteiger partial charge in [-0.25, -0.2) is 0 Å². The third-order valence-electron chi connectivity index (χ3n) is 4.91. The first kappa shape index (κ1) is 19.3. The summed E-state index contributed by atoms with van der Waals surface area (Å²) in [4.78, 5) is 23.2. The molecule has 6 nitrogen and oxygen atoms in total. The number of carbonyl (C=O) groups excluding carboxylic acids is 1. The fourth-order valence-corrected chi connectivity index (χ4v) is 3.62. The zero-order valence-corrected chi connectivity index (χ0v) is 16.8. The van der Waals surface area contributed by atoms with Crippen LogP contribution in [0, 0.1) is 0 Å². The summed E-state index contributed by atoms with van der Waals surface area (Å²) in [6.45, 7) is 1.88. The number of benzene rings is 2. The Bertz CT molecular complexity index is 1010. The van der Waals surface area contributed by atoms with Gasteiger partial charge in [0.2, 0.25) is 0 Å². The lowest BCUT2D eigenvalue weighted by atomic mass is 10.2. The summed E-state index contributed by atoms with van der Waals surface area (Å²) < 4.78 is 5.82. The Kier molecular flexibility index (Phi) is 5.95. The summed E-state index contributed by atoms with van der Waals surface area (Å²) in [5.74, 6) is 0.437. The van der Waals surface area contributed by atoms with E-state index < -0.39 is 0 Å². The van der Waals surface area contributed by atoms with Gasteiger partial charge < -0.3 is 15.0 Å². The highest BCUT2D eigenvalue weighted by Gasteiger charge is 2.14. The molecule has 1 aromatic heterocycles. The standard InChI is InChI=1S/C22H22N4O2S/c27-21(25-17-7-10-19-20(15-17)24-12-11-23-19)16-5-8-18(9-6-16)28-22(29)26-13-3-1-2-4-14-26/h5-12,15H,1-4,13-14H2,(H,25,27). The van der Waals surface area contributed by atoms with Crippen LogP contribution in [0.3, 0.4) is 0 Å². The lowest BCUT2D eigenvalue weighted by Gasteiger charge is -2.22. The van der Waals surface area contributed by atoms with Crippen LogP contribution in [0.4, 0.5) is 5.69 Å². The number of thiocarbonyl (C=S) groups is 1. The quantitative estimate of drug-likeness (QED) is 0.650. The number of amides is 1. The van der Waals surface area contributed by atoms with Crippen LogP contribution in [0.1, 0.15) is 36.0 Å². The fourth-order valence-electron chi connectivity index (χ4n) is 3.34. The zero-order valence-electron chi connectivity index (χ0n) is 16.0. The number of likely N-dealkylation sites (tertiary alicyclic amines) is 1. The highest BCUT2D eigenvalue weighted by Crippen LogP contribution is 2.19. The number of nitrogens with zero attached hydrogens (tertiary/aromatic N) is 3. The number of hydrogen-bond donors (Lipinski definition) is 1. The minimum atomic E-state index is -0.199. The van der Waals surface area contributed by atoms with Crippen LogP contribution in [0.2, 0.25) is 0 Å². The van der Waals surface area contributed by atoms with Crippen molar-refractivity contribution >= 4 is 40.0 Å². The molecule has 0 bridgehead atoms. The van der Waals surface area contributed by atoms with Crippen LogP contribution in [0.25, 0.3) is 11.0 Å². The van der Waals surface area contributed by atoms with E-state index in [-0.39, 0.29) is 5.91 Å². The van der Waals surface area contributed by atoms with E-state index in [4.69, 9.17) is 17.0 Å². The molecule has 2 heterocycles. The number of hydrogen-bond acceptors (Lipinski definition) is 5. The number of aromatic nitrogens is 2. The van der Waals surface area contributed by atoms with Gasteiger partial charge in [0.15, 0.2) is 0 Å². The topological polar surface area (TPSA) is 67.3 Å². The molecule has 0 spiro atoms. The Morgan fingerprint density at radius 3 is 2.34 bits per heavy atom. The van der Waals surface area contributed by atoms with E-state index in [0.717, 1.165) is 37.0 Å². The van der Waals surface area contributed by atoms with E-state index in [1.165, 1.54) is 12.8 Å². The van der Waals surface area contributed by atoms with Gasteiger partial charge in [-0.3, -0.25) is 14.8 Å². The first-order valence-electron chi connectivity index (χ1n) is 9.78. The molecule has 148 valence electrons. The molecular weight excluding hydrogens is 384 g/mol. The molecule has 0 unspecified atom stereocenters. The van der Waals surface area contributed by atoms with Crippen molar-refractivity contribution in [2.45, 2.75) is 25.7 Å². The lowest BCUT2D eigenvalue weighted by molar-refractivity contribution is 0.102. The van der Waals surface area contributed by atoms with E-state index in [2.05, 4.69) is 20.2 Å². The van der Waals surface area contributed by atoms with Crippen LogP contribution < -0.4 is 10.1 Å². The van der Waals surface area contributed by atoms with Crippen molar-refractivity contribution in [1.82, 2.24) is 14.9 Å². The predicted molar refractivity (Wildman–Crippen MR) is 117 cm³/mol. The maximum absolute atomic E-state index is 12.5. The van der Waals surface area contributed by atoms with E-state index >= 15 is 0 Å². The zero-order chi connectivity index (χ0) is 20.1. The first-order chi connectivity index (χ1) is 14.2. The molecule has 1 N–H and O–H groups in total. The van der Waals surface area contributed by atoms with Gasteiger partial charge in [0.1, 0.15) is 5.75 Å². The van der Waals surface area contributed by atoms with Gasteiger partial charge in [0.05, 0.1) is 11.0 Å². The van der Waals surface area contributed by atoms with Crippen molar-refractivity contribution in [2.75, 3.05) is 18.4 Å². The minimum absolute atomic E-state index is 0.199. The first-order valence-corrected chi connectivity index (χ1v) is 10.2. The summed E-state index contributed by atoms with van der Waals surface area (Å²) in [7, 11) is 0. The Hall–Kier alpha value is -3.06. The van der Waals surface area contributed by atoms with Crippen LogP contribution in [0.15, 0.2) is 54.9 Å². The number of fused-ring (bicyclic) bond motifs is 1. The molecular formula is C22H22N4O2S. The van der Waals surface area contributed by atoms with Gasteiger partial charge in [-0.1, -0.05) is 12.8 Å². The maximum atomic E-state index is 12.5. The number of nitrogens with one attached hydrogen (secondary N) is 1. The monoisotopic (exact) mass is 406 g/mol. The van der Waals surface area contributed by atoms with Gasteiger partial charge >= 0.3 is 0 Å². The molecule has 4 rings (SSSR count). The molecule has 1 saturated heterocycles. The van der Waals surface area contributed by atoms with Crippen molar-refractivity contribution in [3.63, 3.8) is 0 Å². The van der Waals surface area contributed by atoms with Gasteiger partial charge in [-0.15, -0.1) is 0 Å². The third kappa shape index (κ3) is 4.86. The summed E-state index contributed by atoms with van der Waals surface area (Å²) in [5, 5.41) is 3.39. The van der Waals surface area contributed by atoms with Gasteiger partial charge in [-0.2, -0.15) is 0 Å². The molecule has 29 heavy (non-hydrogen) atoms. The van der Waals surface area contributed by atoms with Crippen molar-refractivity contribution < 1.29 is 9.53 Å². The average molecular weight is 407 g/mol. The Morgan fingerprint density at radius 1 is 0.931 bits per heavy atom. The second kappa shape index (κ2) is 8.96. The predicted octanol–water partition coefficient (Wildman–Crippen LogP) is 4.42. The summed E-state index contributed by atoms with van der Waals surface area (Å²) >= 11 is 5.44. The molecule has 1 aliphatic rings. The average Bonchev–Trinajstić information content (AvgIpc) is 3.04. The molecule has 0 saturated carbocycles. The van der Waals surface area contributed by atoms with Crippen molar-refractivity contribution in [3.8, 4) is 5.75 Å². The van der Waals surface area contributed by atoms with Gasteiger partial charge in [0, 0.05) is 36.7 Å². The summed E-state index contributed by atoms with van der Waals surface area (Å²) in [6, 6.07) is 12.4. The number of anilines is 1. The van der Waals surface area contributed by atoms with Crippen LogP contribution in [-0.4, -0.2) is 39.0 Å². The molecule has 3 aromatic rings. The summed E-state index contributed by atoms with van der Waals surface area (Å²) in [5.41, 5.74) is 2.73. The second-order valence-electron chi connectivity index (χ2n) is 7.01. The molecule has 2 aromatic carbocycles. The van der Waals surface area contributed by atoms with E-state index in [0.29, 0.717) is 22.2 Å². The SMILES string of the molecule is O=C(Nc1ccc2nccnc2c1)c1ccc(OC(=S)N2CCCCCC2)cc1. The lowest BCUT2D eigenvalue weighted by Crippen LogP contribution is -2.34. The summed E-state index contributed by atoms with van der Waals surface area (Å²) in [6.07, 6.45) is 8.04. The van der Waals surface area contributed by atoms with Crippen LogP contribution in [-0.2, 0) is 0 Å². The highest BCUT2D eigenvalue weighted by atomic mass is 32.1.